The molecule has 0 saturated carbocycles. The van der Waals surface area contributed by atoms with E-state index in [1.807, 2.05) is 0 Å². The number of para-hydroxylation sites is 1. The van der Waals surface area contributed by atoms with Crippen molar-refractivity contribution in [3.63, 3.8) is 0 Å². The zero-order chi connectivity index (χ0) is 15.2. The normalized spacial score (nSPS) is 12.0. The number of aromatic amines is 1. The fourth-order valence-electron chi connectivity index (χ4n) is 1.88. The molecule has 3 aromatic rings. The van der Waals surface area contributed by atoms with Crippen LogP contribution >= 0.6 is 12.2 Å². The summed E-state index contributed by atoms with van der Waals surface area (Å²) < 4.78 is 56.7. The largest absolute Gasteiger partial charge is 0.451 e. The predicted octanol–water partition coefficient (Wildman–Crippen LogP) is 4.71. The van der Waals surface area contributed by atoms with Crippen LogP contribution in [0.4, 0.5) is 17.6 Å². The molecule has 0 spiro atoms. The maximum absolute atomic E-state index is 13.5. The molecule has 0 aliphatic heterocycles. The molecular weight excluding hydrogens is 308 g/mol. The third-order valence-corrected chi connectivity index (χ3v) is 2.98. The van der Waals surface area contributed by atoms with E-state index in [0.29, 0.717) is 5.39 Å². The number of aromatic nitrogens is 2. The molecule has 1 N–H and O–H groups in total. The zero-order valence-electron chi connectivity index (χ0n) is 10.2. The van der Waals surface area contributed by atoms with Crippen molar-refractivity contribution in [1.29, 1.82) is 0 Å². The summed E-state index contributed by atoms with van der Waals surface area (Å²) in [6.45, 7) is 0. The van der Waals surface area contributed by atoms with Gasteiger partial charge in [0.25, 0.3) is 0 Å². The second kappa shape index (κ2) is 4.66. The van der Waals surface area contributed by atoms with Gasteiger partial charge in [-0.1, -0.05) is 24.4 Å². The van der Waals surface area contributed by atoms with Gasteiger partial charge in [0.2, 0.25) is 5.82 Å². The van der Waals surface area contributed by atoms with Crippen LogP contribution < -0.4 is 0 Å². The first kappa shape index (κ1) is 13.7. The lowest BCUT2D eigenvalue weighted by molar-refractivity contribution is -0.145. The minimum absolute atomic E-state index is 0.0158. The monoisotopic (exact) mass is 314 g/mol. The second-order valence-corrected chi connectivity index (χ2v) is 4.67. The quantitative estimate of drug-likeness (QED) is 0.522. The summed E-state index contributed by atoms with van der Waals surface area (Å²) >= 11 is 4.72. The Morgan fingerprint density at radius 2 is 1.95 bits per heavy atom. The lowest BCUT2D eigenvalue weighted by atomic mass is 10.2. The molecule has 3 rings (SSSR count). The van der Waals surface area contributed by atoms with Gasteiger partial charge in [-0.05, 0) is 12.1 Å². The summed E-state index contributed by atoms with van der Waals surface area (Å²) in [5.74, 6) is -1.78. The van der Waals surface area contributed by atoms with E-state index in [2.05, 4.69) is 9.97 Å². The molecule has 21 heavy (non-hydrogen) atoms. The molecule has 0 radical (unpaired) electrons. The van der Waals surface area contributed by atoms with E-state index in [1.54, 1.807) is 6.07 Å². The Morgan fingerprint density at radius 1 is 1.19 bits per heavy atom. The van der Waals surface area contributed by atoms with Crippen LogP contribution in [0.15, 0.2) is 34.7 Å². The lowest BCUT2D eigenvalue weighted by Crippen LogP contribution is -2.11. The summed E-state index contributed by atoms with van der Waals surface area (Å²) in [4.78, 5) is 5.32. The van der Waals surface area contributed by atoms with Crippen molar-refractivity contribution in [1.82, 2.24) is 9.97 Å². The Bertz CT molecular complexity index is 882. The van der Waals surface area contributed by atoms with Gasteiger partial charge < -0.3 is 9.40 Å². The van der Waals surface area contributed by atoms with Gasteiger partial charge in [0.1, 0.15) is 4.64 Å². The number of furan rings is 1. The molecule has 0 amide bonds. The highest BCUT2D eigenvalue weighted by atomic mass is 32.1. The van der Waals surface area contributed by atoms with Crippen LogP contribution in [-0.4, -0.2) is 9.97 Å². The molecule has 0 fully saturated rings. The Labute approximate surface area is 120 Å². The van der Waals surface area contributed by atoms with Crippen LogP contribution in [0.25, 0.3) is 22.4 Å². The third-order valence-electron chi connectivity index (χ3n) is 2.77. The maximum atomic E-state index is 13.5. The average Bonchev–Trinajstić information content (AvgIpc) is 2.82. The number of hydrogen-bond acceptors (Lipinski definition) is 3. The highest BCUT2D eigenvalue weighted by molar-refractivity contribution is 7.71. The van der Waals surface area contributed by atoms with Crippen molar-refractivity contribution in [2.75, 3.05) is 0 Å². The number of nitrogens with zero attached hydrogens (tertiary/aromatic N) is 1. The highest BCUT2D eigenvalue weighted by Gasteiger charge is 2.34. The number of hydrogen-bond donors (Lipinski definition) is 1. The van der Waals surface area contributed by atoms with Crippen molar-refractivity contribution in [2.24, 2.45) is 0 Å². The fourth-order valence-corrected chi connectivity index (χ4v) is 2.09. The second-order valence-electron chi connectivity index (χ2n) is 4.25. The Hall–Kier alpha value is -2.22. The first-order chi connectivity index (χ1) is 9.84. The molecule has 0 saturated heterocycles. The molecule has 3 nitrogen and oxygen atoms in total. The number of halogens is 4. The topological polar surface area (TPSA) is 41.8 Å². The van der Waals surface area contributed by atoms with Gasteiger partial charge in [-0.25, -0.2) is 9.37 Å². The van der Waals surface area contributed by atoms with Gasteiger partial charge in [0.05, 0.1) is 5.69 Å². The average molecular weight is 314 g/mol. The highest BCUT2D eigenvalue weighted by Crippen LogP contribution is 2.31. The molecule has 2 aromatic heterocycles. The first-order valence-corrected chi connectivity index (χ1v) is 6.12. The molecule has 0 unspecified atom stereocenters. The molecule has 108 valence electrons. The van der Waals surface area contributed by atoms with Gasteiger partial charge in [0.15, 0.2) is 17.2 Å². The van der Waals surface area contributed by atoms with Crippen LogP contribution in [0.3, 0.4) is 0 Å². The van der Waals surface area contributed by atoms with Gasteiger partial charge in [-0.2, -0.15) is 13.2 Å². The van der Waals surface area contributed by atoms with Gasteiger partial charge in [-0.15, -0.1) is 0 Å². The number of nitrogens with one attached hydrogen (secondary N) is 1. The van der Waals surface area contributed by atoms with Crippen LogP contribution in [-0.2, 0) is 6.18 Å². The number of rotatable bonds is 1. The molecule has 0 aliphatic rings. The minimum Gasteiger partial charge on any atom is -0.451 e. The minimum atomic E-state index is -4.67. The predicted molar refractivity (Wildman–Crippen MR) is 69.6 cm³/mol. The molecule has 8 heteroatoms. The smallest absolute Gasteiger partial charge is 0.449 e. The Kier molecular flexibility index (Phi) is 3.05. The van der Waals surface area contributed by atoms with E-state index in [0.717, 1.165) is 0 Å². The van der Waals surface area contributed by atoms with Crippen molar-refractivity contribution in [3.05, 3.63) is 46.6 Å². The first-order valence-electron chi connectivity index (χ1n) is 5.71. The van der Waals surface area contributed by atoms with Crippen LogP contribution in [0.2, 0.25) is 0 Å². The molecule has 0 aliphatic carbocycles. The summed E-state index contributed by atoms with van der Waals surface area (Å²) in [5, 5.41) is 0.440. The standard InChI is InChI=1S/C13H6F4N2OS/c14-7-3-1-2-6-4-9(20-11(6)7)8-5-10(21)19-12(18-8)13(15,16)17/h1-5H,(H,18,19,21). The number of H-pyrrole nitrogens is 1. The van der Waals surface area contributed by atoms with Gasteiger partial charge >= 0.3 is 6.18 Å². The summed E-state index contributed by atoms with van der Waals surface area (Å²) in [5.41, 5.74) is -0.0462. The fraction of sp³-hybridized carbons (Fsp3) is 0.0769. The number of benzene rings is 1. The summed E-state index contributed by atoms with van der Waals surface area (Å²) in [6, 6.07) is 6.92. The molecule has 2 heterocycles. The van der Waals surface area contributed by atoms with Crippen molar-refractivity contribution >= 4 is 23.2 Å². The number of fused-ring (bicyclic) bond motifs is 1. The van der Waals surface area contributed by atoms with Crippen LogP contribution in [0, 0.1) is 10.5 Å². The zero-order valence-corrected chi connectivity index (χ0v) is 11.0. The lowest BCUT2D eigenvalue weighted by Gasteiger charge is -2.06. The van der Waals surface area contributed by atoms with E-state index in [9.17, 15) is 17.6 Å². The van der Waals surface area contributed by atoms with Crippen molar-refractivity contribution in [3.8, 4) is 11.5 Å². The van der Waals surface area contributed by atoms with Crippen LogP contribution in [0.1, 0.15) is 5.82 Å². The van der Waals surface area contributed by atoms with Gasteiger partial charge in [-0.3, -0.25) is 0 Å². The van der Waals surface area contributed by atoms with Crippen molar-refractivity contribution in [2.45, 2.75) is 6.18 Å². The molecular formula is C13H6F4N2OS. The van der Waals surface area contributed by atoms with E-state index in [4.69, 9.17) is 16.6 Å². The van der Waals surface area contributed by atoms with E-state index >= 15 is 0 Å². The van der Waals surface area contributed by atoms with E-state index in [1.165, 1.54) is 24.3 Å². The van der Waals surface area contributed by atoms with Crippen molar-refractivity contribution < 1.29 is 22.0 Å². The molecule has 0 atom stereocenters. The van der Waals surface area contributed by atoms with Crippen LogP contribution in [0.5, 0.6) is 0 Å². The molecule has 0 bridgehead atoms. The van der Waals surface area contributed by atoms with E-state index < -0.39 is 17.8 Å². The molecule has 1 aromatic carbocycles. The summed E-state index contributed by atoms with van der Waals surface area (Å²) in [7, 11) is 0. The number of alkyl halides is 3. The van der Waals surface area contributed by atoms with Gasteiger partial charge in [0, 0.05) is 11.5 Å². The summed E-state index contributed by atoms with van der Waals surface area (Å²) in [6.07, 6.45) is -4.67. The Balaban J connectivity index is 2.21. The SMILES string of the molecule is Fc1cccc2cc(-c3cc(=S)nc(C(F)(F)F)[nH]3)oc12. The van der Waals surface area contributed by atoms with E-state index in [-0.39, 0.29) is 21.7 Å². The maximum Gasteiger partial charge on any atom is 0.449 e. The Morgan fingerprint density at radius 3 is 2.62 bits per heavy atom. The third kappa shape index (κ3) is 2.54.